The maximum Gasteiger partial charge on any atom is 0.223 e. The highest BCUT2D eigenvalue weighted by atomic mass is 19.1. The largest absolute Gasteiger partial charge is 0.389 e. The highest BCUT2D eigenvalue weighted by molar-refractivity contribution is 5.79. The van der Waals surface area contributed by atoms with Gasteiger partial charge in [0, 0.05) is 32.1 Å². The third-order valence-corrected chi connectivity index (χ3v) is 4.29. The molecule has 3 rings (SSSR count). The van der Waals surface area contributed by atoms with Gasteiger partial charge in [0.15, 0.2) is 0 Å². The Hall–Kier alpha value is -1.62. The van der Waals surface area contributed by atoms with Crippen LogP contribution >= 0.6 is 0 Å². The van der Waals surface area contributed by atoms with Crippen LogP contribution in [-0.2, 0) is 4.79 Å². The Morgan fingerprint density at radius 1 is 1.40 bits per heavy atom. The van der Waals surface area contributed by atoms with Crippen LogP contribution in [0.15, 0.2) is 18.2 Å². The van der Waals surface area contributed by atoms with E-state index in [-0.39, 0.29) is 17.8 Å². The smallest absolute Gasteiger partial charge is 0.223 e. The summed E-state index contributed by atoms with van der Waals surface area (Å²) in [5.41, 5.74) is 1.15. The highest BCUT2D eigenvalue weighted by Gasteiger charge is 2.36. The van der Waals surface area contributed by atoms with Crippen molar-refractivity contribution in [1.29, 1.82) is 0 Å². The molecular weight excluding hydrogens is 259 g/mol. The van der Waals surface area contributed by atoms with E-state index in [2.05, 4.69) is 0 Å². The first-order valence-corrected chi connectivity index (χ1v) is 7.08. The molecular formula is C15H19FN2O2. The van der Waals surface area contributed by atoms with Crippen molar-refractivity contribution in [3.05, 3.63) is 29.6 Å². The van der Waals surface area contributed by atoms with Crippen LogP contribution in [0.1, 0.15) is 31.4 Å². The maximum atomic E-state index is 14.2. The van der Waals surface area contributed by atoms with E-state index >= 15 is 0 Å². The Kier molecular flexibility index (Phi) is 3.38. The van der Waals surface area contributed by atoms with E-state index in [1.54, 1.807) is 19.1 Å². The lowest BCUT2D eigenvalue weighted by atomic mass is 10.1. The summed E-state index contributed by atoms with van der Waals surface area (Å²) in [7, 11) is 0. The number of nitrogens with zero attached hydrogens (tertiary/aromatic N) is 2. The van der Waals surface area contributed by atoms with Crippen LogP contribution in [0.25, 0.3) is 0 Å². The summed E-state index contributed by atoms with van der Waals surface area (Å²) in [5.74, 6) is -0.0826. The van der Waals surface area contributed by atoms with Gasteiger partial charge in [0.2, 0.25) is 5.91 Å². The Bertz CT molecular complexity index is 533. The monoisotopic (exact) mass is 278 g/mol. The van der Waals surface area contributed by atoms with Crippen molar-refractivity contribution in [2.24, 2.45) is 0 Å². The summed E-state index contributed by atoms with van der Waals surface area (Å²) in [4.78, 5) is 15.6. The number of aliphatic hydroxyl groups excluding tert-OH is 1. The zero-order valence-electron chi connectivity index (χ0n) is 11.6. The molecule has 108 valence electrons. The fraction of sp³-hybridized carbons (Fsp3) is 0.533. The van der Waals surface area contributed by atoms with E-state index in [0.717, 1.165) is 6.42 Å². The van der Waals surface area contributed by atoms with Gasteiger partial charge < -0.3 is 14.9 Å². The molecule has 2 heterocycles. The van der Waals surface area contributed by atoms with Crippen LogP contribution in [0.3, 0.4) is 0 Å². The molecule has 2 aliphatic heterocycles. The van der Waals surface area contributed by atoms with Gasteiger partial charge in [-0.1, -0.05) is 6.07 Å². The van der Waals surface area contributed by atoms with E-state index in [0.29, 0.717) is 37.3 Å². The molecule has 2 aliphatic rings. The van der Waals surface area contributed by atoms with E-state index in [1.807, 2.05) is 9.80 Å². The van der Waals surface area contributed by atoms with Crippen LogP contribution in [-0.4, -0.2) is 41.6 Å². The molecule has 0 radical (unpaired) electrons. The lowest BCUT2D eigenvalue weighted by molar-refractivity contribution is -0.129. The Morgan fingerprint density at radius 3 is 2.90 bits per heavy atom. The molecule has 1 unspecified atom stereocenters. The third kappa shape index (κ3) is 2.26. The molecule has 1 aromatic carbocycles. The molecule has 0 aromatic heterocycles. The van der Waals surface area contributed by atoms with E-state index < -0.39 is 6.10 Å². The molecule has 2 atom stereocenters. The fourth-order valence-electron chi connectivity index (χ4n) is 3.12. The number of hydrogen-bond donors (Lipinski definition) is 1. The number of aliphatic hydroxyl groups is 1. The fourth-order valence-corrected chi connectivity index (χ4v) is 3.12. The van der Waals surface area contributed by atoms with Gasteiger partial charge >= 0.3 is 0 Å². The number of rotatable bonds is 2. The molecule has 4 nitrogen and oxygen atoms in total. The molecule has 1 N–H and O–H groups in total. The van der Waals surface area contributed by atoms with Gasteiger partial charge in [0.25, 0.3) is 0 Å². The first-order chi connectivity index (χ1) is 9.56. The lowest BCUT2D eigenvalue weighted by Crippen LogP contribution is -2.51. The van der Waals surface area contributed by atoms with Gasteiger partial charge in [0.05, 0.1) is 11.8 Å². The van der Waals surface area contributed by atoms with Crippen LogP contribution in [0, 0.1) is 5.82 Å². The number of amides is 1. The van der Waals surface area contributed by atoms with Crippen molar-refractivity contribution < 1.29 is 14.3 Å². The summed E-state index contributed by atoms with van der Waals surface area (Å²) in [6, 6.07) is 5.10. The van der Waals surface area contributed by atoms with Crippen molar-refractivity contribution in [3.8, 4) is 0 Å². The number of hydrogen-bond acceptors (Lipinski definition) is 3. The molecule has 0 spiro atoms. The van der Waals surface area contributed by atoms with Crippen molar-refractivity contribution in [2.75, 3.05) is 24.5 Å². The summed E-state index contributed by atoms with van der Waals surface area (Å²) < 4.78 is 14.2. The van der Waals surface area contributed by atoms with Gasteiger partial charge in [-0.15, -0.1) is 0 Å². The number of anilines is 1. The summed E-state index contributed by atoms with van der Waals surface area (Å²) >= 11 is 0. The molecule has 20 heavy (non-hydrogen) atoms. The first-order valence-electron chi connectivity index (χ1n) is 7.08. The summed E-state index contributed by atoms with van der Waals surface area (Å²) in [6.45, 7) is 3.64. The Morgan fingerprint density at radius 2 is 2.20 bits per heavy atom. The normalized spacial score (nSPS) is 23.9. The van der Waals surface area contributed by atoms with Gasteiger partial charge in [-0.3, -0.25) is 4.79 Å². The van der Waals surface area contributed by atoms with Crippen molar-refractivity contribution >= 4 is 11.6 Å². The number of fused-ring (bicyclic) bond motifs is 1. The van der Waals surface area contributed by atoms with E-state index in [1.165, 1.54) is 6.07 Å². The number of halogens is 1. The zero-order chi connectivity index (χ0) is 14.3. The van der Waals surface area contributed by atoms with Gasteiger partial charge in [-0.25, -0.2) is 4.39 Å². The molecule has 2 fully saturated rings. The lowest BCUT2D eigenvalue weighted by Gasteiger charge is -2.39. The topological polar surface area (TPSA) is 43.8 Å². The average molecular weight is 278 g/mol. The maximum absolute atomic E-state index is 14.2. The van der Waals surface area contributed by atoms with Gasteiger partial charge in [-0.2, -0.15) is 0 Å². The minimum Gasteiger partial charge on any atom is -0.389 e. The first kappa shape index (κ1) is 13.4. The Labute approximate surface area is 117 Å². The molecule has 1 amide bonds. The third-order valence-electron chi connectivity index (χ3n) is 4.29. The molecule has 0 saturated carbocycles. The number of piperazine rings is 1. The van der Waals surface area contributed by atoms with E-state index in [9.17, 15) is 14.3 Å². The van der Waals surface area contributed by atoms with Crippen molar-refractivity contribution in [2.45, 2.75) is 31.9 Å². The molecule has 0 aliphatic carbocycles. The van der Waals surface area contributed by atoms with Gasteiger partial charge in [-0.05, 0) is 31.0 Å². The van der Waals surface area contributed by atoms with Crippen LogP contribution in [0.5, 0.6) is 0 Å². The second kappa shape index (κ2) is 5.05. The van der Waals surface area contributed by atoms with E-state index in [4.69, 9.17) is 0 Å². The standard InChI is InChI=1S/C15H19FN2O2/c1-10(19)11-2-4-14(13(16)8-11)17-6-7-18-12(9-17)3-5-15(18)20/h2,4,8,10,12,19H,3,5-7,9H2,1H3/t10-,12?/m1/s1. The minimum atomic E-state index is -0.664. The van der Waals surface area contributed by atoms with Crippen LogP contribution in [0.2, 0.25) is 0 Å². The number of carbonyl (C=O) groups excluding carboxylic acids is 1. The molecule has 5 heteroatoms. The summed E-state index contributed by atoms with van der Waals surface area (Å²) in [6.07, 6.45) is 0.813. The average Bonchev–Trinajstić information content (AvgIpc) is 2.79. The predicted octanol–water partition coefficient (Wildman–Crippen LogP) is 1.69. The second-order valence-corrected chi connectivity index (χ2v) is 5.61. The van der Waals surface area contributed by atoms with Gasteiger partial charge in [0.1, 0.15) is 5.82 Å². The quantitative estimate of drug-likeness (QED) is 0.895. The predicted molar refractivity (Wildman–Crippen MR) is 74.0 cm³/mol. The van der Waals surface area contributed by atoms with Crippen LogP contribution < -0.4 is 4.90 Å². The highest BCUT2D eigenvalue weighted by Crippen LogP contribution is 2.29. The van der Waals surface area contributed by atoms with Crippen molar-refractivity contribution in [1.82, 2.24) is 4.90 Å². The molecule has 2 saturated heterocycles. The Balaban J connectivity index is 1.79. The SMILES string of the molecule is C[C@@H](O)c1ccc(N2CCN3C(=O)CCC3C2)c(F)c1. The zero-order valence-corrected chi connectivity index (χ0v) is 11.6. The number of benzene rings is 1. The van der Waals surface area contributed by atoms with Crippen LogP contribution in [0.4, 0.5) is 10.1 Å². The second-order valence-electron chi connectivity index (χ2n) is 5.61. The number of carbonyl (C=O) groups is 1. The molecule has 1 aromatic rings. The van der Waals surface area contributed by atoms with Crippen molar-refractivity contribution in [3.63, 3.8) is 0 Å². The molecule has 0 bridgehead atoms. The minimum absolute atomic E-state index is 0.215. The summed E-state index contributed by atoms with van der Waals surface area (Å²) in [5, 5.41) is 9.48.